The van der Waals surface area contributed by atoms with Crippen LogP contribution in [0.4, 0.5) is 0 Å². The van der Waals surface area contributed by atoms with Gasteiger partial charge in [0.25, 0.3) is 0 Å². The van der Waals surface area contributed by atoms with E-state index in [1.807, 2.05) is 60.9 Å². The fourth-order valence-corrected chi connectivity index (χ4v) is 6.58. The van der Waals surface area contributed by atoms with Crippen LogP contribution in [0.2, 0.25) is 0 Å². The number of rotatable bonds is 6. The molecule has 4 heteroatoms. The Labute approximate surface area is 284 Å². The Morgan fingerprint density at radius 3 is 1.78 bits per heavy atom. The van der Waals surface area contributed by atoms with Crippen molar-refractivity contribution in [2.45, 2.75) is 0 Å². The minimum atomic E-state index is 0.718. The van der Waals surface area contributed by atoms with Crippen LogP contribution in [0, 0.1) is 0 Å². The first-order valence-electron chi connectivity index (χ1n) is 16.4. The smallest absolute Gasteiger partial charge is 0.160 e. The number of hydrogen-bond donors (Lipinski definition) is 0. The van der Waals surface area contributed by atoms with Crippen LogP contribution in [-0.2, 0) is 0 Å². The lowest BCUT2D eigenvalue weighted by Crippen LogP contribution is -1.95. The minimum absolute atomic E-state index is 0.718. The fraction of sp³-hybridized carbons (Fsp3) is 0. The zero-order valence-corrected chi connectivity index (χ0v) is 26.6. The van der Waals surface area contributed by atoms with E-state index in [0.717, 1.165) is 50.6 Å². The fourth-order valence-electron chi connectivity index (χ4n) is 6.58. The van der Waals surface area contributed by atoms with Crippen molar-refractivity contribution in [3.63, 3.8) is 0 Å². The Balaban J connectivity index is 1.03. The van der Waals surface area contributed by atoms with Crippen LogP contribution in [0.25, 0.3) is 83.6 Å². The molecule has 0 radical (unpaired) electrons. The van der Waals surface area contributed by atoms with Gasteiger partial charge in [-0.1, -0.05) is 140 Å². The standard InChI is InChI=1S/C45H30N4/c1-3-10-33(11-4-1)42-29-43(48-45(47-42)35-12-5-2-6-13-35)34-20-18-32(19-21-34)39-15-9-14-37-28-36(24-27-40(37)39)31-22-25-38(26-23-31)49-30-46-41-16-7-8-17-44(41)49/h1-30H. The molecular formula is C45H30N4. The average molecular weight is 627 g/mol. The maximum atomic E-state index is 5.01. The van der Waals surface area contributed by atoms with Crippen LogP contribution in [0.1, 0.15) is 0 Å². The molecule has 49 heavy (non-hydrogen) atoms. The van der Waals surface area contributed by atoms with E-state index >= 15 is 0 Å². The van der Waals surface area contributed by atoms with Gasteiger partial charge < -0.3 is 0 Å². The van der Waals surface area contributed by atoms with Gasteiger partial charge in [-0.3, -0.25) is 4.57 Å². The topological polar surface area (TPSA) is 43.6 Å². The Morgan fingerprint density at radius 1 is 0.408 bits per heavy atom. The maximum Gasteiger partial charge on any atom is 0.160 e. The number of aromatic nitrogens is 4. The van der Waals surface area contributed by atoms with Crippen molar-refractivity contribution in [3.8, 4) is 61.8 Å². The number of imidazole rings is 1. The van der Waals surface area contributed by atoms with E-state index in [1.54, 1.807) is 0 Å². The zero-order chi connectivity index (χ0) is 32.6. The van der Waals surface area contributed by atoms with E-state index in [9.17, 15) is 0 Å². The number of hydrogen-bond acceptors (Lipinski definition) is 3. The van der Waals surface area contributed by atoms with Gasteiger partial charge in [-0.25, -0.2) is 15.0 Å². The van der Waals surface area contributed by atoms with Crippen LogP contribution in [0.15, 0.2) is 182 Å². The highest BCUT2D eigenvalue weighted by Gasteiger charge is 2.12. The molecule has 9 aromatic rings. The van der Waals surface area contributed by atoms with Gasteiger partial charge in [0.05, 0.1) is 22.4 Å². The molecule has 0 N–H and O–H groups in total. The summed E-state index contributed by atoms with van der Waals surface area (Å²) in [6.07, 6.45) is 1.89. The Hall–Kier alpha value is -6.65. The molecule has 4 nitrogen and oxygen atoms in total. The van der Waals surface area contributed by atoms with Crippen LogP contribution >= 0.6 is 0 Å². The molecule has 0 spiro atoms. The van der Waals surface area contributed by atoms with Gasteiger partial charge in [0.2, 0.25) is 0 Å². The first-order chi connectivity index (χ1) is 24.3. The second kappa shape index (κ2) is 12.2. The lowest BCUT2D eigenvalue weighted by molar-refractivity contribution is 1.09. The molecule has 7 aromatic carbocycles. The predicted octanol–water partition coefficient (Wildman–Crippen LogP) is 11.3. The second-order valence-corrected chi connectivity index (χ2v) is 12.2. The summed E-state index contributed by atoms with van der Waals surface area (Å²) in [6, 6.07) is 61.5. The first kappa shape index (κ1) is 28.6. The quantitative estimate of drug-likeness (QED) is 0.184. The van der Waals surface area contributed by atoms with Gasteiger partial charge in [0, 0.05) is 22.4 Å². The molecule has 0 aliphatic carbocycles. The van der Waals surface area contributed by atoms with Crippen LogP contribution in [-0.4, -0.2) is 19.5 Å². The second-order valence-electron chi connectivity index (χ2n) is 12.2. The molecular weight excluding hydrogens is 597 g/mol. The van der Waals surface area contributed by atoms with Gasteiger partial charge in [0.15, 0.2) is 5.82 Å². The molecule has 9 rings (SSSR count). The summed E-state index contributed by atoms with van der Waals surface area (Å²) < 4.78 is 2.13. The SMILES string of the molecule is c1ccc(-c2cc(-c3ccc(-c4cccc5cc(-c6ccc(-n7cnc8ccccc87)cc6)ccc45)cc3)nc(-c3ccccc3)n2)cc1. The third-order valence-electron chi connectivity index (χ3n) is 9.13. The van der Waals surface area contributed by atoms with Crippen molar-refractivity contribution < 1.29 is 0 Å². The molecule has 2 heterocycles. The van der Waals surface area contributed by atoms with Crippen LogP contribution in [0.5, 0.6) is 0 Å². The summed E-state index contributed by atoms with van der Waals surface area (Å²) in [7, 11) is 0. The Kier molecular flexibility index (Phi) is 7.10. The molecule has 0 aliphatic heterocycles. The van der Waals surface area contributed by atoms with Gasteiger partial charge in [0.1, 0.15) is 6.33 Å². The summed E-state index contributed by atoms with van der Waals surface area (Å²) in [6.45, 7) is 0. The van der Waals surface area contributed by atoms with Crippen molar-refractivity contribution in [2.75, 3.05) is 0 Å². The third-order valence-corrected chi connectivity index (χ3v) is 9.13. The average Bonchev–Trinajstić information content (AvgIpc) is 3.62. The van der Waals surface area contributed by atoms with Gasteiger partial charge in [-0.2, -0.15) is 0 Å². The number of para-hydroxylation sites is 2. The van der Waals surface area contributed by atoms with Gasteiger partial charge in [-0.05, 0) is 69.4 Å². The van der Waals surface area contributed by atoms with Crippen molar-refractivity contribution in [1.82, 2.24) is 19.5 Å². The van der Waals surface area contributed by atoms with Crippen LogP contribution < -0.4 is 0 Å². The Morgan fingerprint density at radius 2 is 1.02 bits per heavy atom. The molecule has 0 saturated carbocycles. The van der Waals surface area contributed by atoms with Crippen LogP contribution in [0.3, 0.4) is 0 Å². The predicted molar refractivity (Wildman–Crippen MR) is 201 cm³/mol. The highest BCUT2D eigenvalue weighted by molar-refractivity contribution is 5.99. The molecule has 0 amide bonds. The molecule has 0 fully saturated rings. The Bertz CT molecular complexity index is 2510. The van der Waals surface area contributed by atoms with E-state index in [1.165, 1.54) is 33.0 Å². The molecule has 0 bridgehead atoms. The zero-order valence-electron chi connectivity index (χ0n) is 26.6. The molecule has 0 unspecified atom stereocenters. The highest BCUT2D eigenvalue weighted by Crippen LogP contribution is 2.34. The van der Waals surface area contributed by atoms with E-state index in [-0.39, 0.29) is 0 Å². The summed E-state index contributed by atoms with van der Waals surface area (Å²) >= 11 is 0. The van der Waals surface area contributed by atoms with Gasteiger partial charge in [-0.15, -0.1) is 0 Å². The largest absolute Gasteiger partial charge is 0.299 e. The lowest BCUT2D eigenvalue weighted by Gasteiger charge is -2.12. The monoisotopic (exact) mass is 626 g/mol. The maximum absolute atomic E-state index is 5.01. The molecule has 230 valence electrons. The summed E-state index contributed by atoms with van der Waals surface area (Å²) in [5, 5.41) is 2.43. The number of fused-ring (bicyclic) bond motifs is 2. The molecule has 0 atom stereocenters. The summed E-state index contributed by atoms with van der Waals surface area (Å²) in [5.74, 6) is 0.718. The summed E-state index contributed by atoms with van der Waals surface area (Å²) in [4.78, 5) is 14.5. The highest BCUT2D eigenvalue weighted by atomic mass is 15.0. The first-order valence-corrected chi connectivity index (χ1v) is 16.4. The molecule has 0 saturated heterocycles. The van der Waals surface area contributed by atoms with E-state index in [4.69, 9.17) is 9.97 Å². The summed E-state index contributed by atoms with van der Waals surface area (Å²) in [5.41, 5.74) is 12.9. The lowest BCUT2D eigenvalue weighted by atomic mass is 9.94. The third kappa shape index (κ3) is 5.45. The normalized spacial score (nSPS) is 11.3. The van der Waals surface area contributed by atoms with Crippen molar-refractivity contribution in [3.05, 3.63) is 182 Å². The molecule has 0 aliphatic rings. The number of benzene rings is 7. The van der Waals surface area contributed by atoms with Crippen molar-refractivity contribution in [1.29, 1.82) is 0 Å². The van der Waals surface area contributed by atoms with E-state index < -0.39 is 0 Å². The van der Waals surface area contributed by atoms with Gasteiger partial charge >= 0.3 is 0 Å². The van der Waals surface area contributed by atoms with E-state index in [2.05, 4.69) is 131 Å². The van der Waals surface area contributed by atoms with Crippen molar-refractivity contribution >= 4 is 21.8 Å². The minimum Gasteiger partial charge on any atom is -0.299 e. The van der Waals surface area contributed by atoms with Crippen molar-refractivity contribution in [2.24, 2.45) is 0 Å². The van der Waals surface area contributed by atoms with E-state index in [0.29, 0.717) is 0 Å². The number of nitrogens with zero attached hydrogens (tertiary/aromatic N) is 4. The molecule has 2 aromatic heterocycles.